The van der Waals surface area contributed by atoms with Gasteiger partial charge in [0.1, 0.15) is 0 Å². The molecule has 25 heavy (non-hydrogen) atoms. The molecule has 4 rings (SSSR count). The standard InChI is InChI=1S/C18H22N6O/c1-14(24-12-15-4-2-5-19-16(15)13-24)17(25)22-8-10-23(11-9-22)18-20-6-3-7-21-18/h2-7,14H,8-13H2,1H3/t14-/m1/s1. The molecule has 1 saturated heterocycles. The Hall–Kier alpha value is -2.54. The Labute approximate surface area is 147 Å². The molecule has 0 radical (unpaired) electrons. The quantitative estimate of drug-likeness (QED) is 0.829. The second-order valence-electron chi connectivity index (χ2n) is 6.55. The summed E-state index contributed by atoms with van der Waals surface area (Å²) >= 11 is 0. The van der Waals surface area contributed by atoms with Gasteiger partial charge in [0.25, 0.3) is 0 Å². The van der Waals surface area contributed by atoms with Gasteiger partial charge in [-0.2, -0.15) is 0 Å². The summed E-state index contributed by atoms with van der Waals surface area (Å²) in [6.45, 7) is 6.51. The zero-order chi connectivity index (χ0) is 17.2. The smallest absolute Gasteiger partial charge is 0.239 e. The van der Waals surface area contributed by atoms with Crippen molar-refractivity contribution in [3.8, 4) is 0 Å². The van der Waals surface area contributed by atoms with Crippen LogP contribution in [0.5, 0.6) is 0 Å². The number of amides is 1. The number of carbonyl (C=O) groups is 1. The first-order valence-corrected chi connectivity index (χ1v) is 8.70. The lowest BCUT2D eigenvalue weighted by atomic mass is 10.2. The summed E-state index contributed by atoms with van der Waals surface area (Å²) in [7, 11) is 0. The number of nitrogens with zero attached hydrogens (tertiary/aromatic N) is 6. The topological polar surface area (TPSA) is 65.5 Å². The molecule has 130 valence electrons. The van der Waals surface area contributed by atoms with Crippen molar-refractivity contribution < 1.29 is 4.79 Å². The number of pyridine rings is 1. The van der Waals surface area contributed by atoms with Gasteiger partial charge in [-0.15, -0.1) is 0 Å². The first-order chi connectivity index (χ1) is 12.2. The summed E-state index contributed by atoms with van der Waals surface area (Å²) in [5, 5.41) is 0. The van der Waals surface area contributed by atoms with E-state index in [0.29, 0.717) is 13.1 Å². The van der Waals surface area contributed by atoms with Crippen LogP contribution < -0.4 is 4.90 Å². The third-order valence-corrected chi connectivity index (χ3v) is 5.04. The molecule has 7 heteroatoms. The molecular weight excluding hydrogens is 316 g/mol. The van der Waals surface area contributed by atoms with Gasteiger partial charge in [0.15, 0.2) is 0 Å². The maximum Gasteiger partial charge on any atom is 0.239 e. The Bertz CT molecular complexity index is 719. The number of aromatic nitrogens is 3. The van der Waals surface area contributed by atoms with Crippen LogP contribution in [0.3, 0.4) is 0 Å². The van der Waals surface area contributed by atoms with E-state index in [2.05, 4.69) is 30.8 Å². The van der Waals surface area contributed by atoms with Crippen molar-refractivity contribution >= 4 is 11.9 Å². The molecule has 0 N–H and O–H groups in total. The third-order valence-electron chi connectivity index (χ3n) is 5.04. The first-order valence-electron chi connectivity index (χ1n) is 8.70. The summed E-state index contributed by atoms with van der Waals surface area (Å²) in [6.07, 6.45) is 5.32. The Kier molecular flexibility index (Phi) is 4.31. The van der Waals surface area contributed by atoms with Crippen molar-refractivity contribution in [1.29, 1.82) is 0 Å². The minimum Gasteiger partial charge on any atom is -0.338 e. The molecule has 0 bridgehead atoms. The lowest BCUT2D eigenvalue weighted by Crippen LogP contribution is -2.53. The molecule has 2 aromatic heterocycles. The molecule has 1 fully saturated rings. The Morgan fingerprint density at radius 1 is 1.00 bits per heavy atom. The van der Waals surface area contributed by atoms with E-state index >= 15 is 0 Å². The van der Waals surface area contributed by atoms with Gasteiger partial charge in [-0.1, -0.05) is 6.07 Å². The number of rotatable bonds is 3. The van der Waals surface area contributed by atoms with Crippen LogP contribution in [-0.4, -0.2) is 62.9 Å². The highest BCUT2D eigenvalue weighted by Crippen LogP contribution is 2.23. The number of anilines is 1. The molecule has 0 saturated carbocycles. The molecule has 0 aromatic carbocycles. The van der Waals surface area contributed by atoms with Gasteiger partial charge in [-0.3, -0.25) is 14.7 Å². The van der Waals surface area contributed by atoms with Crippen molar-refractivity contribution in [1.82, 2.24) is 24.8 Å². The van der Waals surface area contributed by atoms with Crippen LogP contribution >= 0.6 is 0 Å². The Morgan fingerprint density at radius 2 is 1.72 bits per heavy atom. The summed E-state index contributed by atoms with van der Waals surface area (Å²) < 4.78 is 0. The lowest BCUT2D eigenvalue weighted by Gasteiger charge is -2.37. The van der Waals surface area contributed by atoms with E-state index in [1.807, 2.05) is 30.2 Å². The average molecular weight is 338 g/mol. The minimum absolute atomic E-state index is 0.131. The van der Waals surface area contributed by atoms with Gasteiger partial charge in [0.05, 0.1) is 11.7 Å². The van der Waals surface area contributed by atoms with E-state index in [9.17, 15) is 4.79 Å². The fraction of sp³-hybridized carbons (Fsp3) is 0.444. The maximum atomic E-state index is 12.9. The highest BCUT2D eigenvalue weighted by atomic mass is 16.2. The molecule has 1 atom stereocenters. The van der Waals surface area contributed by atoms with E-state index in [1.165, 1.54) is 5.56 Å². The van der Waals surface area contributed by atoms with E-state index < -0.39 is 0 Å². The van der Waals surface area contributed by atoms with Gasteiger partial charge in [0.2, 0.25) is 11.9 Å². The molecule has 1 amide bonds. The zero-order valence-corrected chi connectivity index (χ0v) is 14.4. The van der Waals surface area contributed by atoms with Gasteiger partial charge >= 0.3 is 0 Å². The molecular formula is C18H22N6O. The maximum absolute atomic E-state index is 12.9. The lowest BCUT2D eigenvalue weighted by molar-refractivity contribution is -0.137. The molecule has 7 nitrogen and oxygen atoms in total. The van der Waals surface area contributed by atoms with Crippen molar-refractivity contribution in [2.24, 2.45) is 0 Å². The van der Waals surface area contributed by atoms with Gasteiger partial charge < -0.3 is 9.80 Å². The monoisotopic (exact) mass is 338 g/mol. The van der Waals surface area contributed by atoms with Crippen molar-refractivity contribution in [2.45, 2.75) is 26.1 Å². The van der Waals surface area contributed by atoms with Crippen LogP contribution in [0.15, 0.2) is 36.8 Å². The average Bonchev–Trinajstić information content (AvgIpc) is 3.12. The molecule has 2 aromatic rings. The molecule has 0 aliphatic carbocycles. The summed E-state index contributed by atoms with van der Waals surface area (Å²) in [5.74, 6) is 0.935. The van der Waals surface area contributed by atoms with Crippen LogP contribution in [0, 0.1) is 0 Å². The fourth-order valence-corrected chi connectivity index (χ4v) is 3.50. The SMILES string of the molecule is C[C@H](C(=O)N1CCN(c2ncccn2)CC1)N1Cc2cccnc2C1. The number of piperazine rings is 1. The second-order valence-corrected chi connectivity index (χ2v) is 6.55. The van der Waals surface area contributed by atoms with E-state index in [0.717, 1.165) is 37.8 Å². The first kappa shape index (κ1) is 16.0. The van der Waals surface area contributed by atoms with Gasteiger partial charge in [-0.25, -0.2) is 9.97 Å². The number of fused-ring (bicyclic) bond motifs is 1. The van der Waals surface area contributed by atoms with Crippen LogP contribution in [0.25, 0.3) is 0 Å². The zero-order valence-electron chi connectivity index (χ0n) is 14.4. The van der Waals surface area contributed by atoms with Crippen molar-refractivity contribution in [3.05, 3.63) is 48.0 Å². The van der Waals surface area contributed by atoms with Gasteiger partial charge in [-0.05, 0) is 24.6 Å². The highest BCUT2D eigenvalue weighted by molar-refractivity contribution is 5.81. The predicted octanol–water partition coefficient (Wildman–Crippen LogP) is 0.924. The Morgan fingerprint density at radius 3 is 2.44 bits per heavy atom. The highest BCUT2D eigenvalue weighted by Gasteiger charge is 2.32. The van der Waals surface area contributed by atoms with Crippen molar-refractivity contribution in [3.63, 3.8) is 0 Å². The number of hydrogen-bond acceptors (Lipinski definition) is 6. The number of hydrogen-bond donors (Lipinski definition) is 0. The molecule has 4 heterocycles. The summed E-state index contributed by atoms with van der Waals surface area (Å²) in [5.41, 5.74) is 2.32. The van der Waals surface area contributed by atoms with Crippen LogP contribution in [0.4, 0.5) is 5.95 Å². The fourth-order valence-electron chi connectivity index (χ4n) is 3.50. The van der Waals surface area contributed by atoms with E-state index in [1.54, 1.807) is 12.4 Å². The number of carbonyl (C=O) groups excluding carboxylic acids is 1. The summed E-state index contributed by atoms with van der Waals surface area (Å²) in [4.78, 5) is 32.2. The summed E-state index contributed by atoms with van der Waals surface area (Å²) in [6, 6.07) is 5.74. The molecule has 2 aliphatic heterocycles. The van der Waals surface area contributed by atoms with Gasteiger partial charge in [0, 0.05) is 57.9 Å². The normalized spacial score (nSPS) is 18.9. The van der Waals surface area contributed by atoms with E-state index in [-0.39, 0.29) is 11.9 Å². The minimum atomic E-state index is -0.131. The second kappa shape index (κ2) is 6.76. The largest absolute Gasteiger partial charge is 0.338 e. The van der Waals surface area contributed by atoms with Crippen LogP contribution in [-0.2, 0) is 17.9 Å². The molecule has 0 unspecified atom stereocenters. The van der Waals surface area contributed by atoms with E-state index in [4.69, 9.17) is 0 Å². The molecule has 2 aliphatic rings. The predicted molar refractivity (Wildman–Crippen MR) is 93.8 cm³/mol. The molecule has 0 spiro atoms. The van der Waals surface area contributed by atoms with Crippen LogP contribution in [0.2, 0.25) is 0 Å². The Balaban J connectivity index is 1.35. The third kappa shape index (κ3) is 3.19. The van der Waals surface area contributed by atoms with Crippen molar-refractivity contribution in [2.75, 3.05) is 31.1 Å². The van der Waals surface area contributed by atoms with Crippen LogP contribution in [0.1, 0.15) is 18.2 Å².